The number of benzene rings is 2. The fraction of sp³-hybridized carbons (Fsp3) is 0.368. The third-order valence-electron chi connectivity index (χ3n) is 4.80. The van der Waals surface area contributed by atoms with Crippen molar-refractivity contribution in [2.45, 2.75) is 18.7 Å². The van der Waals surface area contributed by atoms with Gasteiger partial charge in [0.25, 0.3) is 0 Å². The molecule has 1 aliphatic heterocycles. The Labute approximate surface area is 151 Å². The fourth-order valence-electron chi connectivity index (χ4n) is 3.46. The average Bonchev–Trinajstić information content (AvgIpc) is 2.65. The van der Waals surface area contributed by atoms with Crippen molar-refractivity contribution in [3.05, 3.63) is 41.5 Å². The van der Waals surface area contributed by atoms with E-state index < -0.39 is 6.09 Å². The molecule has 1 fully saturated rings. The molecule has 5 nitrogen and oxygen atoms in total. The van der Waals surface area contributed by atoms with Gasteiger partial charge in [-0.15, -0.1) is 11.6 Å². The maximum Gasteiger partial charge on any atom is 0.407 e. The number of ketones is 1. The van der Waals surface area contributed by atoms with Crippen LogP contribution in [0.4, 0.5) is 4.79 Å². The quantitative estimate of drug-likeness (QED) is 0.656. The summed E-state index contributed by atoms with van der Waals surface area (Å²) in [4.78, 5) is 25.5. The highest BCUT2D eigenvalue weighted by Gasteiger charge is 2.30. The van der Waals surface area contributed by atoms with Gasteiger partial charge in [0.15, 0.2) is 5.78 Å². The van der Waals surface area contributed by atoms with Gasteiger partial charge in [0.2, 0.25) is 0 Å². The Kier molecular flexibility index (Phi) is 5.13. The van der Waals surface area contributed by atoms with Gasteiger partial charge < -0.3 is 14.7 Å². The Hall–Kier alpha value is -2.27. The highest BCUT2D eigenvalue weighted by atomic mass is 35.5. The van der Waals surface area contributed by atoms with Crippen molar-refractivity contribution in [2.24, 2.45) is 5.92 Å². The SMILES string of the molecule is COc1ccc2c(CCl)c(C(=O)C3CCCN(C(=O)O)C3)ccc2c1. The van der Waals surface area contributed by atoms with E-state index in [1.165, 1.54) is 4.90 Å². The molecular weight excluding hydrogens is 342 g/mol. The third kappa shape index (κ3) is 3.42. The number of carbonyl (C=O) groups is 2. The lowest BCUT2D eigenvalue weighted by atomic mass is 9.87. The normalized spacial score (nSPS) is 17.5. The summed E-state index contributed by atoms with van der Waals surface area (Å²) in [7, 11) is 1.61. The zero-order valence-corrected chi connectivity index (χ0v) is 14.8. The van der Waals surface area contributed by atoms with Crippen LogP contribution in [0.15, 0.2) is 30.3 Å². The van der Waals surface area contributed by atoms with Gasteiger partial charge in [-0.2, -0.15) is 0 Å². The van der Waals surface area contributed by atoms with Gasteiger partial charge >= 0.3 is 6.09 Å². The average molecular weight is 362 g/mol. The monoisotopic (exact) mass is 361 g/mol. The summed E-state index contributed by atoms with van der Waals surface area (Å²) >= 11 is 6.16. The van der Waals surface area contributed by atoms with E-state index in [9.17, 15) is 14.7 Å². The van der Waals surface area contributed by atoms with Crippen molar-refractivity contribution < 1.29 is 19.4 Å². The number of hydrogen-bond acceptors (Lipinski definition) is 3. The third-order valence-corrected chi connectivity index (χ3v) is 5.07. The second-order valence-electron chi connectivity index (χ2n) is 6.24. The molecule has 1 saturated heterocycles. The molecule has 6 heteroatoms. The molecule has 1 amide bonds. The molecule has 132 valence electrons. The number of amides is 1. The lowest BCUT2D eigenvalue weighted by molar-refractivity contribution is 0.0806. The van der Waals surface area contributed by atoms with E-state index in [-0.39, 0.29) is 24.1 Å². The second kappa shape index (κ2) is 7.31. The molecule has 0 spiro atoms. The van der Waals surface area contributed by atoms with Crippen LogP contribution in [0.3, 0.4) is 0 Å². The topological polar surface area (TPSA) is 66.8 Å². The summed E-state index contributed by atoms with van der Waals surface area (Å²) in [6, 6.07) is 9.35. The van der Waals surface area contributed by atoms with Crippen LogP contribution < -0.4 is 4.74 Å². The fourth-order valence-corrected chi connectivity index (χ4v) is 3.75. The number of ether oxygens (including phenoxy) is 1. The number of carbonyl (C=O) groups excluding carboxylic acids is 1. The largest absolute Gasteiger partial charge is 0.497 e. The predicted molar refractivity (Wildman–Crippen MR) is 96.7 cm³/mol. The first-order chi connectivity index (χ1) is 12.0. The molecule has 1 atom stereocenters. The summed E-state index contributed by atoms with van der Waals surface area (Å²) in [5.74, 6) is 0.624. The number of fused-ring (bicyclic) bond motifs is 1. The Morgan fingerprint density at radius 2 is 2.12 bits per heavy atom. The molecule has 0 saturated carbocycles. The Morgan fingerprint density at radius 3 is 2.80 bits per heavy atom. The van der Waals surface area contributed by atoms with Crippen LogP contribution in [0.1, 0.15) is 28.8 Å². The molecule has 0 aromatic heterocycles. The first-order valence-corrected chi connectivity index (χ1v) is 8.76. The minimum atomic E-state index is -0.972. The zero-order valence-electron chi connectivity index (χ0n) is 14.0. The molecule has 1 unspecified atom stereocenters. The van der Waals surface area contributed by atoms with Gasteiger partial charge in [0.1, 0.15) is 5.75 Å². The Bertz CT molecular complexity index is 820. The summed E-state index contributed by atoms with van der Waals surface area (Å²) in [6.07, 6.45) is 0.426. The highest BCUT2D eigenvalue weighted by molar-refractivity contribution is 6.19. The van der Waals surface area contributed by atoms with Crippen LogP contribution >= 0.6 is 11.6 Å². The van der Waals surface area contributed by atoms with Crippen LogP contribution in [0.2, 0.25) is 0 Å². The number of methoxy groups -OCH3 is 1. The van der Waals surface area contributed by atoms with Crippen molar-refractivity contribution in [3.63, 3.8) is 0 Å². The number of alkyl halides is 1. The zero-order chi connectivity index (χ0) is 18.0. The van der Waals surface area contributed by atoms with E-state index in [0.29, 0.717) is 24.9 Å². The van der Waals surface area contributed by atoms with E-state index in [1.807, 2.05) is 24.3 Å². The van der Waals surface area contributed by atoms with Crippen LogP contribution in [-0.2, 0) is 5.88 Å². The van der Waals surface area contributed by atoms with Crippen molar-refractivity contribution in [1.29, 1.82) is 0 Å². The van der Waals surface area contributed by atoms with Crippen LogP contribution in [0.25, 0.3) is 10.8 Å². The molecule has 0 aliphatic carbocycles. The molecule has 0 radical (unpaired) electrons. The molecule has 3 rings (SSSR count). The summed E-state index contributed by atoms with van der Waals surface area (Å²) in [5.41, 5.74) is 1.38. The van der Waals surface area contributed by atoms with E-state index in [4.69, 9.17) is 16.3 Å². The molecule has 2 aromatic rings. The number of halogens is 1. The van der Waals surface area contributed by atoms with E-state index in [1.54, 1.807) is 13.2 Å². The lowest BCUT2D eigenvalue weighted by Gasteiger charge is -2.30. The van der Waals surface area contributed by atoms with E-state index >= 15 is 0 Å². The second-order valence-corrected chi connectivity index (χ2v) is 6.51. The summed E-state index contributed by atoms with van der Waals surface area (Å²) < 4.78 is 5.24. The summed E-state index contributed by atoms with van der Waals surface area (Å²) in [6.45, 7) is 0.732. The van der Waals surface area contributed by atoms with Crippen LogP contribution in [0.5, 0.6) is 5.75 Å². The lowest BCUT2D eigenvalue weighted by Crippen LogP contribution is -2.41. The number of Topliss-reactive ketones (excluding diaryl/α,β-unsaturated/α-hetero) is 1. The highest BCUT2D eigenvalue weighted by Crippen LogP contribution is 2.30. The van der Waals surface area contributed by atoms with Crippen molar-refractivity contribution in [1.82, 2.24) is 4.90 Å². The van der Waals surface area contributed by atoms with Gasteiger partial charge in [-0.1, -0.05) is 18.2 Å². The minimum absolute atomic E-state index is 0.0284. The van der Waals surface area contributed by atoms with Crippen LogP contribution in [-0.4, -0.2) is 42.1 Å². The van der Waals surface area contributed by atoms with Crippen molar-refractivity contribution in [3.8, 4) is 5.75 Å². The maximum atomic E-state index is 13.0. The van der Waals surface area contributed by atoms with Gasteiger partial charge in [-0.05, 0) is 41.3 Å². The van der Waals surface area contributed by atoms with Gasteiger partial charge in [0, 0.05) is 30.5 Å². The standard InChI is InChI=1S/C19H20ClNO4/c1-25-14-5-7-15-12(9-14)4-6-16(17(15)10-20)18(22)13-3-2-8-21(11-13)19(23)24/h4-7,9,13H,2-3,8,10-11H2,1H3,(H,23,24). The Balaban J connectivity index is 1.97. The van der Waals surface area contributed by atoms with Gasteiger partial charge in [-0.3, -0.25) is 4.79 Å². The molecule has 1 N–H and O–H groups in total. The number of hydrogen-bond donors (Lipinski definition) is 1. The molecule has 0 bridgehead atoms. The summed E-state index contributed by atoms with van der Waals surface area (Å²) in [5, 5.41) is 11.1. The van der Waals surface area contributed by atoms with Gasteiger partial charge in [0.05, 0.1) is 7.11 Å². The smallest absolute Gasteiger partial charge is 0.407 e. The van der Waals surface area contributed by atoms with Crippen LogP contribution in [0, 0.1) is 5.92 Å². The van der Waals surface area contributed by atoms with Gasteiger partial charge in [-0.25, -0.2) is 4.79 Å². The predicted octanol–water partition coefficient (Wildman–Crippen LogP) is 4.16. The minimum Gasteiger partial charge on any atom is -0.497 e. The molecule has 2 aromatic carbocycles. The van der Waals surface area contributed by atoms with Crippen molar-refractivity contribution in [2.75, 3.05) is 20.2 Å². The van der Waals surface area contributed by atoms with E-state index in [2.05, 4.69) is 0 Å². The Morgan fingerprint density at radius 1 is 1.32 bits per heavy atom. The number of nitrogens with zero attached hydrogens (tertiary/aromatic N) is 1. The number of piperidine rings is 1. The molecule has 25 heavy (non-hydrogen) atoms. The first kappa shape index (κ1) is 17.5. The molecule has 1 aliphatic rings. The number of likely N-dealkylation sites (tertiary alicyclic amines) is 1. The number of rotatable bonds is 4. The first-order valence-electron chi connectivity index (χ1n) is 8.22. The maximum absolute atomic E-state index is 13.0. The van der Waals surface area contributed by atoms with E-state index in [0.717, 1.165) is 22.1 Å². The van der Waals surface area contributed by atoms with Crippen molar-refractivity contribution >= 4 is 34.2 Å². The molecule has 1 heterocycles. The molecular formula is C19H20ClNO4. The number of carboxylic acid groups (broad SMARTS) is 1.